The maximum Gasteiger partial charge on any atom is 0.238 e. The van der Waals surface area contributed by atoms with E-state index in [0.717, 1.165) is 12.2 Å². The summed E-state index contributed by atoms with van der Waals surface area (Å²) in [5, 5.41) is 2.92. The zero-order valence-electron chi connectivity index (χ0n) is 13.3. The van der Waals surface area contributed by atoms with Crippen molar-refractivity contribution in [2.45, 2.75) is 18.4 Å². The zero-order chi connectivity index (χ0) is 15.9. The Hall–Kier alpha value is -1.78. The van der Waals surface area contributed by atoms with Crippen molar-refractivity contribution < 1.29 is 4.79 Å². The number of aryl methyl sites for hydroxylation is 1. The number of nitrogens with one attached hydrogen (secondary N) is 1. The van der Waals surface area contributed by atoms with Gasteiger partial charge in [-0.2, -0.15) is 0 Å². The highest BCUT2D eigenvalue weighted by Gasteiger charge is 2.07. The Labute approximate surface area is 136 Å². The quantitative estimate of drug-likeness (QED) is 0.823. The van der Waals surface area contributed by atoms with E-state index in [0.29, 0.717) is 6.54 Å². The van der Waals surface area contributed by atoms with Crippen LogP contribution in [0, 0.1) is 6.92 Å². The minimum atomic E-state index is 0.00656. The summed E-state index contributed by atoms with van der Waals surface area (Å²) in [5.74, 6) is 0.00656. The topological polar surface area (TPSA) is 32.3 Å². The van der Waals surface area contributed by atoms with E-state index in [9.17, 15) is 4.79 Å². The molecule has 2 rings (SSSR count). The molecule has 0 bridgehead atoms. The molecule has 1 amide bonds. The SMILES string of the molecule is CSc1ccc(CN(C)CC(=O)Nc2ccc(C)cc2)cc1. The molecule has 0 aliphatic carbocycles. The lowest BCUT2D eigenvalue weighted by Crippen LogP contribution is -2.29. The van der Waals surface area contributed by atoms with E-state index in [1.54, 1.807) is 11.8 Å². The van der Waals surface area contributed by atoms with E-state index >= 15 is 0 Å². The number of hydrogen-bond donors (Lipinski definition) is 1. The number of nitrogens with zero attached hydrogens (tertiary/aromatic N) is 1. The van der Waals surface area contributed by atoms with E-state index in [-0.39, 0.29) is 5.91 Å². The molecule has 4 heteroatoms. The molecule has 1 N–H and O–H groups in total. The lowest BCUT2D eigenvalue weighted by atomic mass is 10.2. The summed E-state index contributed by atoms with van der Waals surface area (Å²) in [7, 11) is 1.96. The molecule has 0 heterocycles. The molecule has 0 saturated heterocycles. The van der Waals surface area contributed by atoms with Crippen molar-refractivity contribution in [1.29, 1.82) is 0 Å². The molecule has 22 heavy (non-hydrogen) atoms. The van der Waals surface area contributed by atoms with Crippen LogP contribution >= 0.6 is 11.8 Å². The van der Waals surface area contributed by atoms with E-state index in [2.05, 4.69) is 35.8 Å². The molecule has 0 radical (unpaired) electrons. The molecular weight excluding hydrogens is 292 g/mol. The smallest absolute Gasteiger partial charge is 0.238 e. The number of carbonyl (C=O) groups excluding carboxylic acids is 1. The molecule has 2 aromatic rings. The lowest BCUT2D eigenvalue weighted by Gasteiger charge is -2.16. The predicted molar refractivity (Wildman–Crippen MR) is 94.4 cm³/mol. The summed E-state index contributed by atoms with van der Waals surface area (Å²) in [6.45, 7) is 3.16. The van der Waals surface area contributed by atoms with Gasteiger partial charge in [-0.3, -0.25) is 9.69 Å². The van der Waals surface area contributed by atoms with Crippen LogP contribution in [-0.4, -0.2) is 30.7 Å². The van der Waals surface area contributed by atoms with Crippen LogP contribution in [0.25, 0.3) is 0 Å². The number of carbonyl (C=O) groups is 1. The Bertz CT molecular complexity index is 608. The Balaban J connectivity index is 1.83. The van der Waals surface area contributed by atoms with E-state index < -0.39 is 0 Å². The monoisotopic (exact) mass is 314 g/mol. The summed E-state index contributed by atoms with van der Waals surface area (Å²) in [6, 6.07) is 16.3. The highest BCUT2D eigenvalue weighted by atomic mass is 32.2. The highest BCUT2D eigenvalue weighted by molar-refractivity contribution is 7.98. The Kier molecular flexibility index (Phi) is 6.04. The van der Waals surface area contributed by atoms with Crippen molar-refractivity contribution in [2.75, 3.05) is 25.2 Å². The van der Waals surface area contributed by atoms with Crippen molar-refractivity contribution in [3.05, 3.63) is 59.7 Å². The van der Waals surface area contributed by atoms with Gasteiger partial charge in [0.15, 0.2) is 0 Å². The third-order valence-corrected chi connectivity index (χ3v) is 4.10. The minimum Gasteiger partial charge on any atom is -0.325 e. The van der Waals surface area contributed by atoms with Crippen LogP contribution in [0.4, 0.5) is 5.69 Å². The van der Waals surface area contributed by atoms with Gasteiger partial charge in [-0.15, -0.1) is 11.8 Å². The van der Waals surface area contributed by atoms with Gasteiger partial charge in [0, 0.05) is 17.1 Å². The second kappa shape index (κ2) is 8.01. The molecule has 3 nitrogen and oxygen atoms in total. The van der Waals surface area contributed by atoms with Crippen LogP contribution in [0.15, 0.2) is 53.4 Å². The van der Waals surface area contributed by atoms with Crippen molar-refractivity contribution in [3.63, 3.8) is 0 Å². The van der Waals surface area contributed by atoms with Crippen LogP contribution in [0.1, 0.15) is 11.1 Å². The van der Waals surface area contributed by atoms with E-state index in [1.807, 2.05) is 43.1 Å². The van der Waals surface area contributed by atoms with Crippen LogP contribution in [-0.2, 0) is 11.3 Å². The van der Waals surface area contributed by atoms with Crippen molar-refractivity contribution in [2.24, 2.45) is 0 Å². The molecule has 0 unspecified atom stereocenters. The number of likely N-dealkylation sites (N-methyl/N-ethyl adjacent to an activating group) is 1. The second-order valence-corrected chi connectivity index (χ2v) is 6.31. The van der Waals surface area contributed by atoms with Gasteiger partial charge >= 0.3 is 0 Å². The van der Waals surface area contributed by atoms with Gasteiger partial charge in [0.05, 0.1) is 6.54 Å². The molecule has 0 aromatic heterocycles. The molecule has 0 aliphatic heterocycles. The molecule has 0 atom stereocenters. The first-order valence-corrected chi connectivity index (χ1v) is 8.47. The van der Waals surface area contributed by atoms with Crippen molar-refractivity contribution >= 4 is 23.4 Å². The van der Waals surface area contributed by atoms with Gasteiger partial charge in [0.1, 0.15) is 0 Å². The van der Waals surface area contributed by atoms with Crippen molar-refractivity contribution in [3.8, 4) is 0 Å². The van der Waals surface area contributed by atoms with Crippen LogP contribution < -0.4 is 5.32 Å². The number of thioether (sulfide) groups is 1. The Morgan fingerprint density at radius 1 is 1.09 bits per heavy atom. The van der Waals surface area contributed by atoms with Crippen LogP contribution in [0.3, 0.4) is 0 Å². The number of benzene rings is 2. The maximum absolute atomic E-state index is 12.0. The Morgan fingerprint density at radius 3 is 2.32 bits per heavy atom. The van der Waals surface area contributed by atoms with Gasteiger partial charge in [-0.05, 0) is 50.1 Å². The molecule has 0 aliphatic rings. The summed E-state index contributed by atoms with van der Waals surface area (Å²) < 4.78 is 0. The first-order valence-electron chi connectivity index (χ1n) is 7.25. The number of hydrogen-bond acceptors (Lipinski definition) is 3. The van der Waals surface area contributed by atoms with Gasteiger partial charge < -0.3 is 5.32 Å². The fourth-order valence-electron chi connectivity index (χ4n) is 2.18. The minimum absolute atomic E-state index is 0.00656. The molecular formula is C18H22N2OS. The lowest BCUT2D eigenvalue weighted by molar-refractivity contribution is -0.117. The Morgan fingerprint density at radius 2 is 1.73 bits per heavy atom. The third kappa shape index (κ3) is 5.20. The second-order valence-electron chi connectivity index (χ2n) is 5.43. The summed E-state index contributed by atoms with van der Waals surface area (Å²) in [5.41, 5.74) is 3.24. The number of rotatable bonds is 6. The summed E-state index contributed by atoms with van der Waals surface area (Å²) in [6.07, 6.45) is 2.07. The van der Waals surface area contributed by atoms with Gasteiger partial charge in [-0.1, -0.05) is 29.8 Å². The van der Waals surface area contributed by atoms with E-state index in [4.69, 9.17) is 0 Å². The number of amides is 1. The average molecular weight is 314 g/mol. The molecule has 2 aromatic carbocycles. The molecule has 0 spiro atoms. The maximum atomic E-state index is 12.0. The fraction of sp³-hybridized carbons (Fsp3) is 0.278. The molecule has 116 valence electrons. The zero-order valence-corrected chi connectivity index (χ0v) is 14.1. The highest BCUT2D eigenvalue weighted by Crippen LogP contribution is 2.15. The summed E-state index contributed by atoms with van der Waals surface area (Å²) >= 11 is 1.73. The standard InChI is InChI=1S/C18H22N2OS/c1-14-4-8-16(9-5-14)19-18(21)13-20(2)12-15-6-10-17(22-3)11-7-15/h4-11H,12-13H2,1-3H3,(H,19,21). The van der Waals surface area contributed by atoms with Gasteiger partial charge in [0.2, 0.25) is 5.91 Å². The van der Waals surface area contributed by atoms with Crippen LogP contribution in [0.5, 0.6) is 0 Å². The first kappa shape index (κ1) is 16.6. The average Bonchev–Trinajstić information content (AvgIpc) is 2.50. The van der Waals surface area contributed by atoms with Gasteiger partial charge in [0.25, 0.3) is 0 Å². The summed E-state index contributed by atoms with van der Waals surface area (Å²) in [4.78, 5) is 15.3. The fourth-order valence-corrected chi connectivity index (χ4v) is 2.59. The van der Waals surface area contributed by atoms with Crippen molar-refractivity contribution in [1.82, 2.24) is 4.90 Å². The first-order chi connectivity index (χ1) is 10.6. The largest absolute Gasteiger partial charge is 0.325 e. The van der Waals surface area contributed by atoms with Crippen LogP contribution in [0.2, 0.25) is 0 Å². The molecule has 0 saturated carbocycles. The normalized spacial score (nSPS) is 10.7. The molecule has 0 fully saturated rings. The van der Waals surface area contributed by atoms with E-state index in [1.165, 1.54) is 16.0 Å². The number of anilines is 1. The van der Waals surface area contributed by atoms with Gasteiger partial charge in [-0.25, -0.2) is 0 Å². The predicted octanol–water partition coefficient (Wildman–Crippen LogP) is 3.79. The third-order valence-electron chi connectivity index (χ3n) is 3.36.